The Kier molecular flexibility index (Phi) is 10.8. The van der Waals surface area contributed by atoms with Crippen molar-refractivity contribution in [1.82, 2.24) is 9.97 Å². The Bertz CT molecular complexity index is 701. The van der Waals surface area contributed by atoms with E-state index in [9.17, 15) is 0 Å². The number of hydrogen-bond acceptors (Lipinski definition) is 4. The molecule has 0 spiro atoms. The molecule has 0 N–H and O–H groups in total. The molecule has 2 heterocycles. The van der Waals surface area contributed by atoms with Crippen LogP contribution in [0.25, 0.3) is 0 Å². The lowest BCUT2D eigenvalue weighted by molar-refractivity contribution is 0.259. The zero-order valence-corrected chi connectivity index (χ0v) is 19.8. The minimum absolute atomic E-state index is 0.432. The van der Waals surface area contributed by atoms with Crippen molar-refractivity contribution in [3.63, 3.8) is 0 Å². The average molecular weight is 529 g/mol. The summed E-state index contributed by atoms with van der Waals surface area (Å²) in [6, 6.07) is 7.15. The van der Waals surface area contributed by atoms with Gasteiger partial charge in [-0.05, 0) is 61.9 Å². The van der Waals surface area contributed by atoms with Crippen molar-refractivity contribution in [3.8, 4) is 11.8 Å². The summed E-state index contributed by atoms with van der Waals surface area (Å²) in [5.74, 6) is 2.10. The quantitative estimate of drug-likeness (QED) is 0.376. The molecule has 0 fully saturated rings. The Hall–Kier alpha value is -0.560. The lowest BCUT2D eigenvalue weighted by atomic mass is 10.2. The van der Waals surface area contributed by atoms with E-state index in [0.29, 0.717) is 47.1 Å². The van der Waals surface area contributed by atoms with Crippen LogP contribution >= 0.6 is 55.1 Å². The Labute approximate surface area is 181 Å². The van der Waals surface area contributed by atoms with Gasteiger partial charge in [0.25, 0.3) is 0 Å². The normalized spacial score (nSPS) is 10.5. The highest BCUT2D eigenvalue weighted by Crippen LogP contribution is 2.24. The molecule has 2 aromatic heterocycles. The molecule has 0 aromatic carbocycles. The summed E-state index contributed by atoms with van der Waals surface area (Å²) < 4.78 is 12.4. The van der Waals surface area contributed by atoms with Crippen molar-refractivity contribution in [2.24, 2.45) is 11.8 Å². The Morgan fingerprint density at radius 3 is 2.00 bits per heavy atom. The molecule has 26 heavy (non-hydrogen) atoms. The van der Waals surface area contributed by atoms with Crippen LogP contribution < -0.4 is 9.47 Å². The van der Waals surface area contributed by atoms with Crippen LogP contribution in [0.15, 0.2) is 33.2 Å². The largest absolute Gasteiger partial charge is 0.477 e. The fourth-order valence-corrected chi connectivity index (χ4v) is 2.32. The van der Waals surface area contributed by atoms with Crippen molar-refractivity contribution in [2.45, 2.75) is 27.7 Å². The summed E-state index contributed by atoms with van der Waals surface area (Å²) in [4.78, 5) is 8.08. The molecule has 2 rings (SSSR count). The summed E-state index contributed by atoms with van der Waals surface area (Å²) in [6.07, 6.45) is 0. The molecule has 0 radical (unpaired) electrons. The van der Waals surface area contributed by atoms with Crippen LogP contribution in [-0.2, 0) is 0 Å². The molecule has 0 saturated heterocycles. The molecule has 0 aliphatic carbocycles. The summed E-state index contributed by atoms with van der Waals surface area (Å²) in [5, 5.41) is 0.878. The number of nitrogens with zero attached hydrogens (tertiary/aromatic N) is 2. The van der Waals surface area contributed by atoms with E-state index in [1.165, 1.54) is 0 Å². The van der Waals surface area contributed by atoms with Gasteiger partial charge in [0, 0.05) is 6.07 Å². The van der Waals surface area contributed by atoms with Gasteiger partial charge >= 0.3 is 0 Å². The molecule has 0 aliphatic heterocycles. The van der Waals surface area contributed by atoms with Gasteiger partial charge in [0.1, 0.15) is 10.3 Å². The fourth-order valence-electron chi connectivity index (χ4n) is 1.48. The SMILES string of the molecule is CC(C)COc1ccc(Br)c(Cl)n1.CC(C)COc1nc(Cl)ccc1Br. The smallest absolute Gasteiger partial charge is 0.229 e. The maximum absolute atomic E-state index is 5.79. The molecule has 0 unspecified atom stereocenters. The minimum atomic E-state index is 0.432. The number of aromatic nitrogens is 2. The third-order valence-corrected chi connectivity index (χ3v) is 4.65. The molecule has 0 saturated carbocycles. The van der Waals surface area contributed by atoms with Crippen LogP contribution in [0, 0.1) is 11.8 Å². The lowest BCUT2D eigenvalue weighted by Crippen LogP contribution is -2.06. The number of hydrogen-bond donors (Lipinski definition) is 0. The van der Waals surface area contributed by atoms with Gasteiger partial charge in [0.15, 0.2) is 0 Å². The first-order valence-corrected chi connectivity index (χ1v) is 10.4. The van der Waals surface area contributed by atoms with Crippen LogP contribution in [-0.4, -0.2) is 23.2 Å². The second kappa shape index (κ2) is 12.0. The second-order valence-electron chi connectivity index (χ2n) is 6.25. The number of halogens is 4. The van der Waals surface area contributed by atoms with Gasteiger partial charge in [0.05, 0.1) is 22.2 Å². The first kappa shape index (κ1) is 23.5. The minimum Gasteiger partial charge on any atom is -0.477 e. The van der Waals surface area contributed by atoms with Crippen LogP contribution in [0.3, 0.4) is 0 Å². The van der Waals surface area contributed by atoms with E-state index in [1.54, 1.807) is 12.1 Å². The van der Waals surface area contributed by atoms with E-state index in [4.69, 9.17) is 32.7 Å². The van der Waals surface area contributed by atoms with Crippen molar-refractivity contribution in [1.29, 1.82) is 0 Å². The maximum Gasteiger partial charge on any atom is 0.229 e. The summed E-state index contributed by atoms with van der Waals surface area (Å²) in [5.41, 5.74) is 0. The predicted octanol–water partition coefficient (Wildman–Crippen LogP) is 7.06. The number of pyridine rings is 2. The maximum atomic E-state index is 5.79. The number of rotatable bonds is 6. The van der Waals surface area contributed by atoms with Gasteiger partial charge in [-0.3, -0.25) is 0 Å². The van der Waals surface area contributed by atoms with Gasteiger partial charge in [-0.2, -0.15) is 0 Å². The van der Waals surface area contributed by atoms with Crippen LogP contribution in [0.4, 0.5) is 0 Å². The lowest BCUT2D eigenvalue weighted by Gasteiger charge is -2.08. The van der Waals surface area contributed by atoms with Crippen LogP contribution in [0.2, 0.25) is 10.3 Å². The highest BCUT2D eigenvalue weighted by Gasteiger charge is 2.04. The topological polar surface area (TPSA) is 44.2 Å². The Morgan fingerprint density at radius 1 is 0.846 bits per heavy atom. The zero-order chi connectivity index (χ0) is 19.7. The van der Waals surface area contributed by atoms with E-state index in [-0.39, 0.29) is 0 Å². The third kappa shape index (κ3) is 9.40. The van der Waals surface area contributed by atoms with E-state index in [0.717, 1.165) is 8.95 Å². The molecule has 0 amide bonds. The van der Waals surface area contributed by atoms with Gasteiger partial charge in [-0.1, -0.05) is 50.9 Å². The molecule has 0 aliphatic rings. The van der Waals surface area contributed by atoms with Gasteiger partial charge in [-0.25, -0.2) is 9.97 Å². The van der Waals surface area contributed by atoms with Crippen molar-refractivity contribution < 1.29 is 9.47 Å². The Balaban J connectivity index is 0.000000260. The standard InChI is InChI=1S/2C9H11BrClNO/c1-6(2)5-13-8-4-3-7(10)9(11)12-8;1-6(2)5-13-9-7(10)3-4-8(11)12-9/h2*3-4,6H,5H2,1-2H3. The highest BCUT2D eigenvalue weighted by atomic mass is 79.9. The first-order valence-electron chi connectivity index (χ1n) is 8.08. The molecule has 8 heteroatoms. The van der Waals surface area contributed by atoms with Gasteiger partial charge in [0.2, 0.25) is 11.8 Å². The summed E-state index contributed by atoms with van der Waals surface area (Å²) in [6.45, 7) is 9.63. The summed E-state index contributed by atoms with van der Waals surface area (Å²) in [7, 11) is 0. The molecule has 0 bridgehead atoms. The zero-order valence-electron chi connectivity index (χ0n) is 15.1. The molecule has 144 valence electrons. The van der Waals surface area contributed by atoms with Crippen molar-refractivity contribution in [3.05, 3.63) is 43.5 Å². The number of ether oxygens (including phenoxy) is 2. The van der Waals surface area contributed by atoms with Crippen LogP contribution in [0.5, 0.6) is 11.8 Å². The molecular formula is C18H22Br2Cl2N2O2. The molecule has 0 atom stereocenters. The van der Waals surface area contributed by atoms with E-state index in [2.05, 4.69) is 69.5 Å². The third-order valence-electron chi connectivity index (χ3n) is 2.68. The van der Waals surface area contributed by atoms with E-state index < -0.39 is 0 Å². The molecule has 2 aromatic rings. The highest BCUT2D eigenvalue weighted by molar-refractivity contribution is 9.10. The fraction of sp³-hybridized carbons (Fsp3) is 0.444. The molecular weight excluding hydrogens is 507 g/mol. The van der Waals surface area contributed by atoms with E-state index in [1.807, 2.05) is 12.1 Å². The van der Waals surface area contributed by atoms with Crippen LogP contribution in [0.1, 0.15) is 27.7 Å². The van der Waals surface area contributed by atoms with E-state index >= 15 is 0 Å². The monoisotopic (exact) mass is 526 g/mol. The van der Waals surface area contributed by atoms with Gasteiger partial charge < -0.3 is 9.47 Å². The average Bonchev–Trinajstić information content (AvgIpc) is 2.57. The summed E-state index contributed by atoms with van der Waals surface area (Å²) >= 11 is 18.1. The molecule has 4 nitrogen and oxygen atoms in total. The first-order chi connectivity index (χ1) is 12.2. The van der Waals surface area contributed by atoms with Gasteiger partial charge in [-0.15, -0.1) is 0 Å². The van der Waals surface area contributed by atoms with Crippen molar-refractivity contribution in [2.75, 3.05) is 13.2 Å². The Morgan fingerprint density at radius 2 is 1.42 bits per heavy atom. The second-order valence-corrected chi connectivity index (χ2v) is 8.71. The predicted molar refractivity (Wildman–Crippen MR) is 115 cm³/mol. The van der Waals surface area contributed by atoms with Crippen molar-refractivity contribution >= 4 is 55.1 Å².